The number of aliphatic imine (C=N–C) groups is 1. The molecule has 0 atom stereocenters. The van der Waals surface area contributed by atoms with Gasteiger partial charge in [-0.25, -0.2) is 4.79 Å². The number of hydrogen-bond donors (Lipinski definition) is 2. The van der Waals surface area contributed by atoms with Gasteiger partial charge >= 0.3 is 6.09 Å². The summed E-state index contributed by atoms with van der Waals surface area (Å²) in [5.41, 5.74) is 0.540. The lowest BCUT2D eigenvalue weighted by molar-refractivity contribution is 0.00701. The van der Waals surface area contributed by atoms with Crippen molar-refractivity contribution in [3.8, 4) is 11.5 Å². The van der Waals surface area contributed by atoms with E-state index in [2.05, 4.69) is 15.6 Å². The molecule has 8 heteroatoms. The SMILES string of the molecule is CN=C(NCc1cccc2c1OCCCO2)NC1CN(C(=O)OC(C)(C)C)C1. The minimum absolute atomic E-state index is 0.145. The molecular weight excluding hydrogens is 360 g/mol. The number of fused-ring (bicyclic) bond motifs is 1. The highest BCUT2D eigenvalue weighted by molar-refractivity contribution is 5.80. The molecule has 2 heterocycles. The minimum Gasteiger partial charge on any atom is -0.490 e. The highest BCUT2D eigenvalue weighted by Gasteiger charge is 2.34. The van der Waals surface area contributed by atoms with Crippen molar-refractivity contribution >= 4 is 12.1 Å². The smallest absolute Gasteiger partial charge is 0.410 e. The largest absolute Gasteiger partial charge is 0.490 e. The fourth-order valence-corrected chi connectivity index (χ4v) is 3.01. The maximum Gasteiger partial charge on any atom is 0.410 e. The Bertz CT molecular complexity index is 723. The molecule has 0 spiro atoms. The first-order valence-corrected chi connectivity index (χ1v) is 9.68. The number of nitrogens with one attached hydrogen (secondary N) is 2. The first kappa shape index (κ1) is 20.1. The van der Waals surface area contributed by atoms with E-state index in [1.807, 2.05) is 39.0 Å². The summed E-state index contributed by atoms with van der Waals surface area (Å²) in [5.74, 6) is 2.26. The number of amides is 1. The number of hydrogen-bond acceptors (Lipinski definition) is 5. The van der Waals surface area contributed by atoms with Gasteiger partial charge in [-0.2, -0.15) is 0 Å². The number of rotatable bonds is 3. The van der Waals surface area contributed by atoms with Gasteiger partial charge in [0.25, 0.3) is 0 Å². The third kappa shape index (κ3) is 5.21. The van der Waals surface area contributed by atoms with Gasteiger partial charge in [0, 0.05) is 38.7 Å². The lowest BCUT2D eigenvalue weighted by atomic mass is 10.1. The van der Waals surface area contributed by atoms with Gasteiger partial charge in [-0.05, 0) is 26.8 Å². The molecule has 1 fully saturated rings. The Labute approximate surface area is 166 Å². The van der Waals surface area contributed by atoms with E-state index >= 15 is 0 Å². The summed E-state index contributed by atoms with van der Waals surface area (Å²) in [5, 5.41) is 6.64. The fourth-order valence-electron chi connectivity index (χ4n) is 3.01. The van der Waals surface area contributed by atoms with Crippen LogP contribution in [0, 0.1) is 0 Å². The molecule has 8 nitrogen and oxygen atoms in total. The average molecular weight is 390 g/mol. The van der Waals surface area contributed by atoms with Gasteiger partial charge in [-0.3, -0.25) is 4.99 Å². The molecule has 3 rings (SSSR count). The van der Waals surface area contributed by atoms with Crippen LogP contribution >= 0.6 is 0 Å². The molecule has 0 radical (unpaired) electrons. The van der Waals surface area contributed by atoms with Gasteiger partial charge in [0.15, 0.2) is 17.5 Å². The molecule has 154 valence electrons. The summed E-state index contributed by atoms with van der Waals surface area (Å²) < 4.78 is 17.0. The summed E-state index contributed by atoms with van der Waals surface area (Å²) in [6.45, 7) is 8.67. The van der Waals surface area contributed by atoms with Gasteiger partial charge < -0.3 is 29.7 Å². The zero-order valence-corrected chi connectivity index (χ0v) is 17.1. The monoisotopic (exact) mass is 390 g/mol. The second-order valence-electron chi connectivity index (χ2n) is 7.95. The maximum atomic E-state index is 12.0. The third-order valence-electron chi connectivity index (χ3n) is 4.40. The molecule has 28 heavy (non-hydrogen) atoms. The van der Waals surface area contributed by atoms with Crippen LogP contribution in [0.4, 0.5) is 4.79 Å². The lowest BCUT2D eigenvalue weighted by Gasteiger charge is -2.40. The Hall–Kier alpha value is -2.64. The Morgan fingerprint density at radius 3 is 2.75 bits per heavy atom. The predicted molar refractivity (Wildman–Crippen MR) is 107 cm³/mol. The Morgan fingerprint density at radius 2 is 2.04 bits per heavy atom. The molecular formula is C20H30N4O4. The number of guanidine groups is 1. The van der Waals surface area contributed by atoms with Gasteiger partial charge in [0.1, 0.15) is 5.60 Å². The molecule has 0 aliphatic carbocycles. The molecule has 1 saturated heterocycles. The number of para-hydroxylation sites is 1. The summed E-state index contributed by atoms with van der Waals surface area (Å²) >= 11 is 0. The van der Waals surface area contributed by atoms with E-state index in [9.17, 15) is 4.79 Å². The number of carbonyl (C=O) groups is 1. The first-order valence-electron chi connectivity index (χ1n) is 9.68. The van der Waals surface area contributed by atoms with Crippen molar-refractivity contribution in [1.29, 1.82) is 0 Å². The van der Waals surface area contributed by atoms with Crippen LogP contribution in [-0.4, -0.2) is 61.9 Å². The van der Waals surface area contributed by atoms with Crippen LogP contribution < -0.4 is 20.1 Å². The van der Waals surface area contributed by atoms with Gasteiger partial charge in [-0.1, -0.05) is 12.1 Å². The van der Waals surface area contributed by atoms with Crippen LogP contribution in [0.25, 0.3) is 0 Å². The zero-order chi connectivity index (χ0) is 20.1. The number of nitrogens with zero attached hydrogens (tertiary/aromatic N) is 2. The van der Waals surface area contributed by atoms with Crippen molar-refractivity contribution in [3.63, 3.8) is 0 Å². The van der Waals surface area contributed by atoms with Crippen LogP contribution in [-0.2, 0) is 11.3 Å². The maximum absolute atomic E-state index is 12.0. The molecule has 0 aromatic heterocycles. The summed E-state index contributed by atoms with van der Waals surface area (Å²) in [7, 11) is 1.73. The lowest BCUT2D eigenvalue weighted by Crippen LogP contribution is -2.63. The third-order valence-corrected chi connectivity index (χ3v) is 4.40. The summed E-state index contributed by atoms with van der Waals surface area (Å²) in [4.78, 5) is 18.0. The number of ether oxygens (including phenoxy) is 3. The molecule has 0 unspecified atom stereocenters. The van der Waals surface area contributed by atoms with E-state index in [4.69, 9.17) is 14.2 Å². The first-order chi connectivity index (χ1) is 13.4. The number of carbonyl (C=O) groups excluding carboxylic acids is 1. The second-order valence-corrected chi connectivity index (χ2v) is 7.95. The summed E-state index contributed by atoms with van der Waals surface area (Å²) in [6.07, 6.45) is 0.596. The fraction of sp³-hybridized carbons (Fsp3) is 0.600. The van der Waals surface area contributed by atoms with Gasteiger partial charge in [0.05, 0.1) is 19.3 Å². The highest BCUT2D eigenvalue weighted by Crippen LogP contribution is 2.33. The molecule has 1 amide bonds. The summed E-state index contributed by atoms with van der Waals surface area (Å²) in [6, 6.07) is 6.05. The van der Waals surface area contributed by atoms with Crippen molar-refractivity contribution < 1.29 is 19.0 Å². The van der Waals surface area contributed by atoms with Crippen LogP contribution in [0.5, 0.6) is 11.5 Å². The molecule has 1 aromatic carbocycles. The van der Waals surface area contributed by atoms with Crippen molar-refractivity contribution in [2.75, 3.05) is 33.4 Å². The van der Waals surface area contributed by atoms with E-state index in [0.717, 1.165) is 23.5 Å². The van der Waals surface area contributed by atoms with E-state index in [0.29, 0.717) is 38.8 Å². The molecule has 0 bridgehead atoms. The normalized spacial score (nSPS) is 17.4. The quantitative estimate of drug-likeness (QED) is 0.608. The molecule has 2 N–H and O–H groups in total. The predicted octanol–water partition coefficient (Wildman–Crippen LogP) is 2.13. The topological polar surface area (TPSA) is 84.4 Å². The zero-order valence-electron chi connectivity index (χ0n) is 17.1. The molecule has 2 aliphatic heterocycles. The minimum atomic E-state index is -0.479. The van der Waals surface area contributed by atoms with Crippen molar-refractivity contribution in [2.24, 2.45) is 4.99 Å². The van der Waals surface area contributed by atoms with Crippen LogP contribution in [0.3, 0.4) is 0 Å². The van der Waals surface area contributed by atoms with Crippen molar-refractivity contribution in [1.82, 2.24) is 15.5 Å². The highest BCUT2D eigenvalue weighted by atomic mass is 16.6. The molecule has 1 aromatic rings. The van der Waals surface area contributed by atoms with Crippen LogP contribution in [0.15, 0.2) is 23.2 Å². The van der Waals surface area contributed by atoms with E-state index in [-0.39, 0.29) is 12.1 Å². The number of benzene rings is 1. The van der Waals surface area contributed by atoms with E-state index < -0.39 is 5.60 Å². The van der Waals surface area contributed by atoms with Gasteiger partial charge in [0.2, 0.25) is 0 Å². The standard InChI is InChI=1S/C20H30N4O4/c1-20(2,3)28-19(25)24-12-15(13-24)23-18(21-4)22-11-14-7-5-8-16-17(14)27-10-6-9-26-16/h5,7-8,15H,6,9-13H2,1-4H3,(H2,21,22,23). The van der Waals surface area contributed by atoms with Crippen LogP contribution in [0.1, 0.15) is 32.8 Å². The average Bonchev–Trinajstić information content (AvgIpc) is 2.84. The Balaban J connectivity index is 1.49. The Kier molecular flexibility index (Phi) is 6.16. The second kappa shape index (κ2) is 8.58. The number of likely N-dealkylation sites (tertiary alicyclic amines) is 1. The van der Waals surface area contributed by atoms with E-state index in [1.54, 1.807) is 11.9 Å². The van der Waals surface area contributed by atoms with Crippen molar-refractivity contribution in [2.45, 2.75) is 45.4 Å². The Morgan fingerprint density at radius 1 is 1.29 bits per heavy atom. The van der Waals surface area contributed by atoms with Gasteiger partial charge in [-0.15, -0.1) is 0 Å². The van der Waals surface area contributed by atoms with E-state index in [1.165, 1.54) is 0 Å². The molecule has 2 aliphatic rings. The molecule has 0 saturated carbocycles. The van der Waals surface area contributed by atoms with Crippen molar-refractivity contribution in [3.05, 3.63) is 23.8 Å². The van der Waals surface area contributed by atoms with Crippen LogP contribution in [0.2, 0.25) is 0 Å².